The lowest BCUT2D eigenvalue weighted by Gasteiger charge is -2.42. The summed E-state index contributed by atoms with van der Waals surface area (Å²) in [5.41, 5.74) is 3.30. The summed E-state index contributed by atoms with van der Waals surface area (Å²) in [6.45, 7) is 5.19. The smallest absolute Gasteiger partial charge is 0.262 e. The van der Waals surface area contributed by atoms with Crippen LogP contribution in [0.25, 0.3) is 0 Å². The van der Waals surface area contributed by atoms with Gasteiger partial charge >= 0.3 is 0 Å². The Morgan fingerprint density at radius 1 is 1.41 bits per heavy atom. The highest BCUT2D eigenvalue weighted by atomic mass is 16.5. The average Bonchev–Trinajstić information content (AvgIpc) is 2.76. The van der Waals surface area contributed by atoms with Crippen LogP contribution < -0.4 is 10.8 Å². The molecule has 0 aliphatic carbocycles. The number of hydrogen-bond acceptors (Lipinski definition) is 4. The molecule has 6 heteroatoms. The molecular weight excluding hydrogens is 282 g/mol. The summed E-state index contributed by atoms with van der Waals surface area (Å²) in [5, 5.41) is 11.7. The molecule has 0 spiro atoms. The Morgan fingerprint density at radius 2 is 2.09 bits per heavy atom. The summed E-state index contributed by atoms with van der Waals surface area (Å²) in [7, 11) is 0. The maximum atomic E-state index is 12.9. The lowest BCUT2D eigenvalue weighted by atomic mass is 9.80. The molecule has 1 aromatic rings. The number of carbonyl (C=O) groups excluding carboxylic acids is 2. The van der Waals surface area contributed by atoms with Crippen molar-refractivity contribution in [3.63, 3.8) is 0 Å². The van der Waals surface area contributed by atoms with E-state index in [4.69, 9.17) is 5.21 Å². The topological polar surface area (TPSA) is 81.7 Å². The number of rotatable bonds is 3. The van der Waals surface area contributed by atoms with Crippen molar-refractivity contribution in [2.24, 2.45) is 0 Å². The molecule has 0 saturated carbocycles. The van der Waals surface area contributed by atoms with E-state index in [-0.39, 0.29) is 11.9 Å². The van der Waals surface area contributed by atoms with Crippen molar-refractivity contribution in [1.29, 1.82) is 0 Å². The van der Waals surface area contributed by atoms with Crippen LogP contribution in [0.4, 0.5) is 0 Å². The first-order valence-electron chi connectivity index (χ1n) is 7.53. The first kappa shape index (κ1) is 15.0. The van der Waals surface area contributed by atoms with Gasteiger partial charge in [0.15, 0.2) is 0 Å². The number of nitrogens with one attached hydrogen (secondary N) is 2. The largest absolute Gasteiger partial charge is 0.336 e. The van der Waals surface area contributed by atoms with Crippen molar-refractivity contribution in [3.05, 3.63) is 35.4 Å². The molecule has 118 valence electrons. The summed E-state index contributed by atoms with van der Waals surface area (Å²) in [6, 6.07) is 7.33. The van der Waals surface area contributed by atoms with Crippen molar-refractivity contribution < 1.29 is 14.8 Å². The minimum atomic E-state index is -0.538. The molecule has 6 nitrogen and oxygen atoms in total. The van der Waals surface area contributed by atoms with Gasteiger partial charge in [-0.2, -0.15) is 0 Å². The van der Waals surface area contributed by atoms with E-state index in [1.165, 1.54) is 0 Å². The summed E-state index contributed by atoms with van der Waals surface area (Å²) in [6.07, 6.45) is 0.735. The highest BCUT2D eigenvalue weighted by molar-refractivity contribution is 5.92. The molecule has 2 fully saturated rings. The fraction of sp³-hybridized carbons (Fsp3) is 0.500. The second kappa shape index (κ2) is 5.37. The van der Waals surface area contributed by atoms with Gasteiger partial charge in [0.25, 0.3) is 5.91 Å². The van der Waals surface area contributed by atoms with Crippen molar-refractivity contribution in [2.75, 3.05) is 13.1 Å². The average molecular weight is 303 g/mol. The molecule has 1 aromatic carbocycles. The third kappa shape index (κ3) is 2.19. The molecule has 2 heterocycles. The standard InChI is InChI=1S/C16H21N3O3/c1-10-3-5-11(6-4-10)16(2)7-8-19(15(16)21)12-9-17-13(12)14(20)18-22/h3-6,12-13,17,22H,7-9H2,1-2H3,(H,18,20). The minimum Gasteiger partial charge on any atom is -0.336 e. The van der Waals surface area contributed by atoms with E-state index in [1.807, 2.05) is 38.1 Å². The first-order valence-corrected chi connectivity index (χ1v) is 7.53. The Balaban J connectivity index is 1.80. The number of nitrogens with zero attached hydrogens (tertiary/aromatic N) is 1. The molecule has 3 atom stereocenters. The molecule has 2 aliphatic rings. The van der Waals surface area contributed by atoms with Crippen LogP contribution in [0.2, 0.25) is 0 Å². The zero-order valence-corrected chi connectivity index (χ0v) is 12.8. The Morgan fingerprint density at radius 3 is 2.64 bits per heavy atom. The number of benzene rings is 1. The van der Waals surface area contributed by atoms with Crippen LogP contribution in [0.15, 0.2) is 24.3 Å². The van der Waals surface area contributed by atoms with Gasteiger partial charge in [0, 0.05) is 13.1 Å². The van der Waals surface area contributed by atoms with Gasteiger partial charge in [-0.3, -0.25) is 14.8 Å². The predicted octanol–water partition coefficient (Wildman–Crippen LogP) is 0.331. The highest BCUT2D eigenvalue weighted by Gasteiger charge is 2.51. The molecule has 0 radical (unpaired) electrons. The van der Waals surface area contributed by atoms with E-state index in [1.54, 1.807) is 10.4 Å². The van der Waals surface area contributed by atoms with E-state index in [9.17, 15) is 9.59 Å². The summed E-state index contributed by atoms with van der Waals surface area (Å²) in [4.78, 5) is 26.3. The lowest BCUT2D eigenvalue weighted by molar-refractivity contribution is -0.141. The summed E-state index contributed by atoms with van der Waals surface area (Å²) in [5.74, 6) is -0.438. The van der Waals surface area contributed by atoms with Gasteiger partial charge in [-0.15, -0.1) is 0 Å². The number of likely N-dealkylation sites (tertiary alicyclic amines) is 1. The number of hydrogen-bond donors (Lipinski definition) is 3. The Labute approximate surface area is 129 Å². The van der Waals surface area contributed by atoms with Crippen LogP contribution in [0.3, 0.4) is 0 Å². The SMILES string of the molecule is Cc1ccc(C2(C)CCN(C3CNC3C(=O)NO)C2=O)cc1. The molecule has 3 N–H and O–H groups in total. The van der Waals surface area contributed by atoms with Gasteiger partial charge in [-0.25, -0.2) is 5.48 Å². The van der Waals surface area contributed by atoms with E-state index in [2.05, 4.69) is 5.32 Å². The van der Waals surface area contributed by atoms with Gasteiger partial charge in [-0.05, 0) is 25.8 Å². The quantitative estimate of drug-likeness (QED) is 0.555. The van der Waals surface area contributed by atoms with E-state index >= 15 is 0 Å². The lowest BCUT2D eigenvalue weighted by Crippen LogP contribution is -2.70. The fourth-order valence-corrected chi connectivity index (χ4v) is 3.34. The summed E-state index contributed by atoms with van der Waals surface area (Å²) >= 11 is 0. The Hall–Kier alpha value is -1.92. The van der Waals surface area contributed by atoms with Gasteiger partial charge in [-0.1, -0.05) is 29.8 Å². The molecule has 0 aromatic heterocycles. The Kier molecular flexibility index (Phi) is 3.66. The molecule has 0 bridgehead atoms. The number of amides is 2. The second-order valence-electron chi connectivity index (χ2n) is 6.38. The fourth-order valence-electron chi connectivity index (χ4n) is 3.34. The van der Waals surface area contributed by atoms with Gasteiger partial charge < -0.3 is 10.2 Å². The number of carbonyl (C=O) groups is 2. The van der Waals surface area contributed by atoms with Crippen molar-refractivity contribution >= 4 is 11.8 Å². The van der Waals surface area contributed by atoms with Gasteiger partial charge in [0.1, 0.15) is 6.04 Å². The van der Waals surface area contributed by atoms with Crippen molar-refractivity contribution in [1.82, 2.24) is 15.7 Å². The Bertz CT molecular complexity index is 601. The van der Waals surface area contributed by atoms with E-state index in [0.717, 1.165) is 17.5 Å². The molecule has 2 amide bonds. The number of aryl methyl sites for hydroxylation is 1. The van der Waals surface area contributed by atoms with E-state index in [0.29, 0.717) is 13.1 Å². The zero-order valence-electron chi connectivity index (χ0n) is 12.8. The molecule has 2 saturated heterocycles. The van der Waals surface area contributed by atoms with Crippen molar-refractivity contribution in [3.8, 4) is 0 Å². The van der Waals surface area contributed by atoms with Gasteiger partial charge in [0.2, 0.25) is 5.91 Å². The van der Waals surface area contributed by atoms with E-state index < -0.39 is 17.4 Å². The highest BCUT2D eigenvalue weighted by Crippen LogP contribution is 2.37. The molecule has 3 rings (SSSR count). The third-order valence-corrected chi connectivity index (χ3v) is 5.00. The second-order valence-corrected chi connectivity index (χ2v) is 6.38. The maximum Gasteiger partial charge on any atom is 0.262 e. The first-order chi connectivity index (χ1) is 10.5. The normalized spacial score (nSPS) is 31.0. The van der Waals surface area contributed by atoms with Crippen LogP contribution in [-0.4, -0.2) is 47.1 Å². The van der Waals surface area contributed by atoms with Crippen LogP contribution in [0.5, 0.6) is 0 Å². The maximum absolute atomic E-state index is 12.9. The summed E-state index contributed by atoms with van der Waals surface area (Å²) < 4.78 is 0. The van der Waals surface area contributed by atoms with Crippen LogP contribution in [-0.2, 0) is 15.0 Å². The van der Waals surface area contributed by atoms with Crippen LogP contribution in [0, 0.1) is 6.92 Å². The molecule has 2 aliphatic heterocycles. The zero-order chi connectivity index (χ0) is 15.9. The molecule has 22 heavy (non-hydrogen) atoms. The monoisotopic (exact) mass is 303 g/mol. The minimum absolute atomic E-state index is 0.0543. The molecular formula is C16H21N3O3. The molecule has 3 unspecified atom stereocenters. The van der Waals surface area contributed by atoms with Crippen molar-refractivity contribution in [2.45, 2.75) is 37.8 Å². The van der Waals surface area contributed by atoms with Crippen LogP contribution >= 0.6 is 0 Å². The third-order valence-electron chi connectivity index (χ3n) is 5.00. The predicted molar refractivity (Wildman–Crippen MR) is 80.4 cm³/mol. The number of hydroxylamine groups is 1. The van der Waals surface area contributed by atoms with Gasteiger partial charge in [0.05, 0.1) is 11.5 Å². The van der Waals surface area contributed by atoms with Crippen LogP contribution in [0.1, 0.15) is 24.5 Å².